The fourth-order valence-corrected chi connectivity index (χ4v) is 2.15. The number of nitrogens with one attached hydrogen (secondary N) is 2. The third-order valence-electron chi connectivity index (χ3n) is 3.71. The van der Waals surface area contributed by atoms with E-state index in [9.17, 15) is 14.4 Å². The Morgan fingerprint density at radius 1 is 1.19 bits per heavy atom. The summed E-state index contributed by atoms with van der Waals surface area (Å²) in [6.07, 6.45) is 1.56. The highest BCUT2D eigenvalue weighted by Gasteiger charge is 2.18. The number of aromatic nitrogens is 2. The molecule has 0 bridgehead atoms. The molecule has 1 aromatic heterocycles. The number of anilines is 1. The van der Waals surface area contributed by atoms with E-state index < -0.39 is 17.9 Å². The Labute approximate surface area is 150 Å². The molecular formula is C17H22N6O3. The molecule has 0 saturated heterocycles. The molecule has 1 aromatic carbocycles. The van der Waals surface area contributed by atoms with Gasteiger partial charge in [0.15, 0.2) is 0 Å². The first-order valence-corrected chi connectivity index (χ1v) is 8.07. The van der Waals surface area contributed by atoms with Crippen LogP contribution in [-0.4, -0.2) is 40.1 Å². The molecule has 6 N–H and O–H groups in total. The van der Waals surface area contributed by atoms with Gasteiger partial charge in [-0.1, -0.05) is 26.0 Å². The number of benzene rings is 1. The smallest absolute Gasteiger partial charge is 0.269 e. The second-order valence-electron chi connectivity index (χ2n) is 6.06. The van der Waals surface area contributed by atoms with E-state index in [1.165, 1.54) is 10.7 Å². The van der Waals surface area contributed by atoms with Crippen LogP contribution in [-0.2, 0) is 9.59 Å². The molecule has 9 nitrogen and oxygen atoms in total. The molecule has 9 heteroatoms. The zero-order valence-corrected chi connectivity index (χ0v) is 14.6. The normalized spacial score (nSPS) is 11.8. The van der Waals surface area contributed by atoms with Gasteiger partial charge in [-0.25, -0.2) is 4.68 Å². The Morgan fingerprint density at radius 2 is 1.88 bits per heavy atom. The monoisotopic (exact) mass is 358 g/mol. The van der Waals surface area contributed by atoms with Crippen LogP contribution < -0.4 is 22.1 Å². The van der Waals surface area contributed by atoms with Gasteiger partial charge in [0.05, 0.1) is 24.0 Å². The minimum atomic E-state index is -0.675. The van der Waals surface area contributed by atoms with Crippen LogP contribution in [0.1, 0.15) is 24.3 Å². The van der Waals surface area contributed by atoms with Crippen LogP contribution in [0.5, 0.6) is 0 Å². The number of amides is 3. The van der Waals surface area contributed by atoms with Gasteiger partial charge in [-0.05, 0) is 24.1 Å². The highest BCUT2D eigenvalue weighted by atomic mass is 16.2. The molecule has 0 radical (unpaired) electrons. The zero-order valence-electron chi connectivity index (χ0n) is 14.6. The summed E-state index contributed by atoms with van der Waals surface area (Å²) in [4.78, 5) is 35.1. The van der Waals surface area contributed by atoms with Crippen LogP contribution in [0.15, 0.2) is 36.5 Å². The van der Waals surface area contributed by atoms with E-state index in [0.717, 1.165) is 0 Å². The van der Waals surface area contributed by atoms with Crippen molar-refractivity contribution in [3.8, 4) is 5.69 Å². The summed E-state index contributed by atoms with van der Waals surface area (Å²) >= 11 is 0. The molecular weight excluding hydrogens is 336 g/mol. The maximum Gasteiger partial charge on any atom is 0.269 e. The predicted molar refractivity (Wildman–Crippen MR) is 96.5 cm³/mol. The lowest BCUT2D eigenvalue weighted by Gasteiger charge is -2.15. The number of rotatable bonds is 7. The maximum atomic E-state index is 12.1. The van der Waals surface area contributed by atoms with Crippen LogP contribution in [0.25, 0.3) is 5.69 Å². The van der Waals surface area contributed by atoms with Crippen molar-refractivity contribution < 1.29 is 14.4 Å². The molecule has 1 heterocycles. The summed E-state index contributed by atoms with van der Waals surface area (Å²) in [5, 5.41) is 9.27. The van der Waals surface area contributed by atoms with E-state index in [4.69, 9.17) is 11.5 Å². The summed E-state index contributed by atoms with van der Waals surface area (Å²) in [6, 6.07) is 7.71. The number of nitrogens with zero attached hydrogens (tertiary/aromatic N) is 2. The second-order valence-corrected chi connectivity index (χ2v) is 6.06. The standard InChI is InChI=1S/C17H22N6O3/c1-10(2)15(18)17(26)20-9-14(24)21-11-5-3-4-6-13(11)23-8-7-12(22-23)16(19)25/h3-8,10,15H,9,18H2,1-2H3,(H2,19,25)(H,20,26)(H,21,24)/t15-/m0/s1. The molecule has 0 aliphatic carbocycles. The maximum absolute atomic E-state index is 12.1. The molecule has 26 heavy (non-hydrogen) atoms. The van der Waals surface area contributed by atoms with Crippen LogP contribution >= 0.6 is 0 Å². The first-order chi connectivity index (χ1) is 12.3. The average Bonchev–Trinajstić information content (AvgIpc) is 3.09. The van der Waals surface area contributed by atoms with Gasteiger partial charge in [-0.2, -0.15) is 5.10 Å². The van der Waals surface area contributed by atoms with Crippen molar-refractivity contribution in [3.63, 3.8) is 0 Å². The highest BCUT2D eigenvalue weighted by Crippen LogP contribution is 2.19. The van der Waals surface area contributed by atoms with E-state index in [-0.39, 0.29) is 24.1 Å². The SMILES string of the molecule is CC(C)[C@H](N)C(=O)NCC(=O)Nc1ccccc1-n1ccc(C(N)=O)n1. The fourth-order valence-electron chi connectivity index (χ4n) is 2.15. The average molecular weight is 358 g/mol. The van der Waals surface area contributed by atoms with Gasteiger partial charge in [0.1, 0.15) is 5.69 Å². The molecule has 0 unspecified atom stereocenters. The molecule has 0 aliphatic rings. The Kier molecular flexibility index (Phi) is 6.07. The Hall–Kier alpha value is -3.20. The lowest BCUT2D eigenvalue weighted by atomic mass is 10.1. The third kappa shape index (κ3) is 4.67. The van der Waals surface area contributed by atoms with E-state index in [1.54, 1.807) is 30.5 Å². The lowest BCUT2D eigenvalue weighted by molar-refractivity contribution is -0.125. The molecule has 0 fully saturated rings. The first-order valence-electron chi connectivity index (χ1n) is 8.07. The molecule has 3 amide bonds. The predicted octanol–water partition coefficient (Wildman–Crippen LogP) is 0.00920. The number of hydrogen-bond donors (Lipinski definition) is 4. The van der Waals surface area contributed by atoms with Gasteiger partial charge in [0.2, 0.25) is 11.8 Å². The van der Waals surface area contributed by atoms with Crippen LogP contribution in [0.3, 0.4) is 0 Å². The van der Waals surface area contributed by atoms with Crippen molar-refractivity contribution in [1.82, 2.24) is 15.1 Å². The van der Waals surface area contributed by atoms with E-state index in [0.29, 0.717) is 11.4 Å². The fraction of sp³-hybridized carbons (Fsp3) is 0.294. The first kappa shape index (κ1) is 19.1. The van der Waals surface area contributed by atoms with Gasteiger partial charge in [0.25, 0.3) is 5.91 Å². The minimum Gasteiger partial charge on any atom is -0.364 e. The molecule has 138 valence electrons. The van der Waals surface area contributed by atoms with Crippen molar-refractivity contribution in [2.24, 2.45) is 17.4 Å². The topological polar surface area (TPSA) is 145 Å². The number of primary amides is 1. The number of carbonyl (C=O) groups is 3. The summed E-state index contributed by atoms with van der Waals surface area (Å²) < 4.78 is 1.43. The Morgan fingerprint density at radius 3 is 2.50 bits per heavy atom. The van der Waals surface area contributed by atoms with E-state index in [1.807, 2.05) is 13.8 Å². The summed E-state index contributed by atoms with van der Waals surface area (Å²) in [5.74, 6) is -1.47. The van der Waals surface area contributed by atoms with Crippen LogP contribution in [0.2, 0.25) is 0 Å². The quantitative estimate of drug-likeness (QED) is 0.551. The van der Waals surface area contributed by atoms with Gasteiger partial charge < -0.3 is 22.1 Å². The lowest BCUT2D eigenvalue weighted by Crippen LogP contribution is -2.46. The zero-order chi connectivity index (χ0) is 19.3. The molecule has 0 aliphatic heterocycles. The molecule has 0 spiro atoms. The number of carbonyl (C=O) groups excluding carboxylic acids is 3. The summed E-state index contributed by atoms with van der Waals surface area (Å²) in [7, 11) is 0. The van der Waals surface area contributed by atoms with Crippen molar-refractivity contribution in [3.05, 3.63) is 42.2 Å². The molecule has 1 atom stereocenters. The summed E-state index contributed by atoms with van der Waals surface area (Å²) in [6.45, 7) is 3.44. The van der Waals surface area contributed by atoms with Crippen molar-refractivity contribution in [1.29, 1.82) is 0 Å². The third-order valence-corrected chi connectivity index (χ3v) is 3.71. The van der Waals surface area contributed by atoms with Gasteiger partial charge in [0, 0.05) is 6.20 Å². The van der Waals surface area contributed by atoms with E-state index >= 15 is 0 Å². The van der Waals surface area contributed by atoms with Crippen molar-refractivity contribution in [2.45, 2.75) is 19.9 Å². The van der Waals surface area contributed by atoms with Gasteiger partial charge in [-0.3, -0.25) is 14.4 Å². The minimum absolute atomic E-state index is 0.0296. The summed E-state index contributed by atoms with van der Waals surface area (Å²) in [5.41, 5.74) is 12.1. The number of para-hydroxylation sites is 2. The second kappa shape index (κ2) is 8.26. The Balaban J connectivity index is 2.06. The molecule has 0 saturated carbocycles. The number of hydrogen-bond acceptors (Lipinski definition) is 5. The van der Waals surface area contributed by atoms with Crippen molar-refractivity contribution in [2.75, 3.05) is 11.9 Å². The van der Waals surface area contributed by atoms with Crippen LogP contribution in [0, 0.1) is 5.92 Å². The number of nitrogens with two attached hydrogens (primary N) is 2. The highest BCUT2D eigenvalue weighted by molar-refractivity contribution is 5.96. The molecule has 2 aromatic rings. The van der Waals surface area contributed by atoms with Crippen molar-refractivity contribution >= 4 is 23.4 Å². The van der Waals surface area contributed by atoms with Gasteiger partial charge >= 0.3 is 0 Å². The van der Waals surface area contributed by atoms with Gasteiger partial charge in [-0.15, -0.1) is 0 Å². The Bertz CT molecular complexity index is 814. The van der Waals surface area contributed by atoms with E-state index in [2.05, 4.69) is 15.7 Å². The molecule has 2 rings (SSSR count). The largest absolute Gasteiger partial charge is 0.364 e. The van der Waals surface area contributed by atoms with Crippen LogP contribution in [0.4, 0.5) is 5.69 Å².